The minimum Gasteiger partial charge on any atom is -0.493 e. The van der Waals surface area contributed by atoms with E-state index in [4.69, 9.17) is 33.8 Å². The Morgan fingerprint density at radius 3 is 2.66 bits per heavy atom. The lowest BCUT2D eigenvalue weighted by Gasteiger charge is -2.26. The maximum Gasteiger partial charge on any atom is 0.231 e. The quantitative estimate of drug-likeness (QED) is 0.764. The van der Waals surface area contributed by atoms with Crippen LogP contribution in [0.1, 0.15) is 23.0 Å². The lowest BCUT2D eigenvalue weighted by molar-refractivity contribution is 0.168. The minimum atomic E-state index is -0.971. The average Bonchev–Trinajstić information content (AvgIpc) is 3.21. The van der Waals surface area contributed by atoms with Crippen LogP contribution in [0, 0.1) is 11.3 Å². The fraction of sp³-hybridized carbons (Fsp3) is 0.263. The molecule has 3 N–H and O–H groups in total. The summed E-state index contributed by atoms with van der Waals surface area (Å²) in [7, 11) is 2.87. The smallest absolute Gasteiger partial charge is 0.231 e. The highest BCUT2D eigenvalue weighted by Crippen LogP contribution is 2.54. The molecule has 0 radical (unpaired) electrons. The van der Waals surface area contributed by atoms with E-state index in [2.05, 4.69) is 0 Å². The Morgan fingerprint density at radius 2 is 2.00 bits per heavy atom. The number of methoxy groups -OCH3 is 2. The number of hydrogen-bond acceptors (Lipinski definition) is 10. The van der Waals surface area contributed by atoms with Gasteiger partial charge in [-0.2, -0.15) is 5.26 Å². The van der Waals surface area contributed by atoms with Crippen molar-refractivity contribution in [2.45, 2.75) is 12.5 Å². The number of hydrogen-bond donors (Lipinski definition) is 2. The molecule has 1 aromatic heterocycles. The fourth-order valence-electron chi connectivity index (χ4n) is 3.38. The van der Waals surface area contributed by atoms with E-state index in [9.17, 15) is 15.2 Å². The topological polar surface area (TPSA) is 146 Å². The van der Waals surface area contributed by atoms with Crippen LogP contribution < -0.4 is 34.8 Å². The van der Waals surface area contributed by atoms with E-state index in [-0.39, 0.29) is 47.0 Å². The first-order valence-corrected chi connectivity index (χ1v) is 8.43. The maximum atomic E-state index is 12.5. The second-order valence-electron chi connectivity index (χ2n) is 6.12. The van der Waals surface area contributed by atoms with Crippen molar-refractivity contribution >= 4 is 0 Å². The summed E-state index contributed by atoms with van der Waals surface area (Å²) >= 11 is 0. The molecular formula is C19H16N2O8. The first-order valence-electron chi connectivity index (χ1n) is 8.43. The lowest BCUT2D eigenvalue weighted by atomic mass is 9.86. The van der Waals surface area contributed by atoms with Crippen LogP contribution in [0.25, 0.3) is 0 Å². The van der Waals surface area contributed by atoms with Gasteiger partial charge >= 0.3 is 0 Å². The van der Waals surface area contributed by atoms with Crippen molar-refractivity contribution in [3.63, 3.8) is 0 Å². The van der Waals surface area contributed by atoms with Gasteiger partial charge in [0.1, 0.15) is 24.0 Å². The Balaban J connectivity index is 2.06. The fourth-order valence-corrected chi connectivity index (χ4v) is 3.38. The number of aliphatic hydroxyl groups excluding tert-OH is 1. The summed E-state index contributed by atoms with van der Waals surface area (Å²) in [6.07, 6.45) is 0. The Kier molecular flexibility index (Phi) is 4.44. The third-order valence-electron chi connectivity index (χ3n) is 4.61. The van der Waals surface area contributed by atoms with Crippen molar-refractivity contribution in [1.29, 1.82) is 5.26 Å². The van der Waals surface area contributed by atoms with Gasteiger partial charge in [-0.3, -0.25) is 4.79 Å². The predicted molar refractivity (Wildman–Crippen MR) is 95.9 cm³/mol. The van der Waals surface area contributed by atoms with E-state index < -0.39 is 18.0 Å². The van der Waals surface area contributed by atoms with Gasteiger partial charge in [-0.05, 0) is 6.07 Å². The highest BCUT2D eigenvalue weighted by atomic mass is 16.7. The molecule has 2 aliphatic rings. The molecule has 1 aromatic carbocycles. The number of fused-ring (bicyclic) bond motifs is 2. The Bertz CT molecular complexity index is 1130. The van der Waals surface area contributed by atoms with Crippen molar-refractivity contribution in [2.75, 3.05) is 21.0 Å². The molecule has 0 saturated heterocycles. The van der Waals surface area contributed by atoms with Crippen LogP contribution in [0.5, 0.6) is 28.7 Å². The highest BCUT2D eigenvalue weighted by molar-refractivity contribution is 5.68. The van der Waals surface area contributed by atoms with Crippen molar-refractivity contribution < 1.29 is 33.2 Å². The number of aliphatic hydroxyl groups is 1. The molecule has 1 unspecified atom stereocenters. The van der Waals surface area contributed by atoms with Crippen LogP contribution in [0.4, 0.5) is 0 Å². The molecule has 0 saturated carbocycles. The monoisotopic (exact) mass is 400 g/mol. The molecule has 2 aromatic rings. The van der Waals surface area contributed by atoms with Gasteiger partial charge in [0.25, 0.3) is 0 Å². The second kappa shape index (κ2) is 6.96. The van der Waals surface area contributed by atoms with E-state index in [0.717, 1.165) is 6.07 Å². The SMILES string of the molecule is COc1cc(C2C(C#N)=C(N)Oc3c2oc(CO)cc3=O)c(OC)c2c1OCO2. The molecule has 1 atom stereocenters. The van der Waals surface area contributed by atoms with Crippen molar-refractivity contribution in [3.8, 4) is 34.8 Å². The normalized spacial score (nSPS) is 16.7. The standard InChI is InChI=1S/C19H16N2O8/c1-24-12-4-9(14(25-2)18-16(12)26-7-27-18)13-10(5-20)19(21)29-15-11(23)3-8(6-22)28-17(13)15/h3-4,13,22H,6-7,21H2,1-2H3. The molecule has 0 spiro atoms. The number of nitrogens with zero attached hydrogens (tertiary/aromatic N) is 1. The van der Waals surface area contributed by atoms with E-state index in [1.807, 2.05) is 6.07 Å². The molecule has 0 bridgehead atoms. The summed E-state index contributed by atoms with van der Waals surface area (Å²) < 4.78 is 32.9. The van der Waals surface area contributed by atoms with E-state index in [1.54, 1.807) is 6.07 Å². The highest BCUT2D eigenvalue weighted by Gasteiger charge is 2.40. The summed E-state index contributed by atoms with van der Waals surface area (Å²) in [5.74, 6) is -0.158. The second-order valence-corrected chi connectivity index (χ2v) is 6.12. The van der Waals surface area contributed by atoms with E-state index >= 15 is 0 Å². The zero-order valence-corrected chi connectivity index (χ0v) is 15.5. The van der Waals surface area contributed by atoms with Gasteiger partial charge in [-0.25, -0.2) is 0 Å². The summed E-state index contributed by atoms with van der Waals surface area (Å²) in [5, 5.41) is 19.2. The van der Waals surface area contributed by atoms with E-state index in [0.29, 0.717) is 17.1 Å². The van der Waals surface area contributed by atoms with Gasteiger partial charge in [0.2, 0.25) is 35.4 Å². The largest absolute Gasteiger partial charge is 0.493 e. The molecule has 150 valence electrons. The summed E-state index contributed by atoms with van der Waals surface area (Å²) in [5.41, 5.74) is 5.75. The molecular weight excluding hydrogens is 384 g/mol. The minimum absolute atomic E-state index is 0.00467. The van der Waals surface area contributed by atoms with Crippen LogP contribution in [-0.2, 0) is 6.61 Å². The third kappa shape index (κ3) is 2.71. The Labute approximate surface area is 164 Å². The maximum absolute atomic E-state index is 12.5. The molecule has 10 nitrogen and oxygen atoms in total. The van der Waals surface area contributed by atoms with Gasteiger partial charge in [-0.1, -0.05) is 0 Å². The Morgan fingerprint density at radius 1 is 1.24 bits per heavy atom. The molecule has 0 aliphatic carbocycles. The first kappa shape index (κ1) is 18.5. The van der Waals surface area contributed by atoms with Gasteiger partial charge in [0.05, 0.1) is 20.1 Å². The molecule has 4 rings (SSSR count). The zero-order chi connectivity index (χ0) is 20.7. The number of ether oxygens (including phenoxy) is 5. The number of nitrogens with two attached hydrogens (primary N) is 1. The van der Waals surface area contributed by atoms with Crippen LogP contribution in [-0.4, -0.2) is 26.1 Å². The van der Waals surface area contributed by atoms with Crippen LogP contribution in [0.15, 0.2) is 32.8 Å². The molecule has 29 heavy (non-hydrogen) atoms. The number of allylic oxidation sites excluding steroid dienone is 1. The molecule has 0 amide bonds. The third-order valence-corrected chi connectivity index (χ3v) is 4.61. The summed E-state index contributed by atoms with van der Waals surface area (Å²) in [6, 6.07) is 4.67. The van der Waals surface area contributed by atoms with Crippen LogP contribution in [0.2, 0.25) is 0 Å². The average molecular weight is 400 g/mol. The van der Waals surface area contributed by atoms with Gasteiger partial charge in [-0.15, -0.1) is 0 Å². The molecule has 0 fully saturated rings. The van der Waals surface area contributed by atoms with E-state index in [1.165, 1.54) is 14.2 Å². The number of nitriles is 1. The predicted octanol–water partition coefficient (Wildman–Crippen LogP) is 1.10. The van der Waals surface area contributed by atoms with Crippen LogP contribution >= 0.6 is 0 Å². The first-order chi connectivity index (χ1) is 14.0. The van der Waals surface area contributed by atoms with Gasteiger partial charge < -0.3 is 38.9 Å². The lowest BCUT2D eigenvalue weighted by Crippen LogP contribution is -2.25. The number of rotatable bonds is 4. The number of benzene rings is 1. The van der Waals surface area contributed by atoms with Crippen molar-refractivity contribution in [3.05, 3.63) is 50.9 Å². The van der Waals surface area contributed by atoms with Crippen LogP contribution in [0.3, 0.4) is 0 Å². The summed E-state index contributed by atoms with van der Waals surface area (Å²) in [6.45, 7) is -0.555. The summed E-state index contributed by atoms with van der Waals surface area (Å²) in [4.78, 5) is 12.5. The van der Waals surface area contributed by atoms with Gasteiger partial charge in [0, 0.05) is 11.6 Å². The zero-order valence-electron chi connectivity index (χ0n) is 15.5. The van der Waals surface area contributed by atoms with Crippen molar-refractivity contribution in [2.24, 2.45) is 5.73 Å². The Hall–Kier alpha value is -3.84. The molecule has 2 aliphatic heterocycles. The van der Waals surface area contributed by atoms with Gasteiger partial charge in [0.15, 0.2) is 17.3 Å². The molecule has 10 heteroatoms. The van der Waals surface area contributed by atoms with Crippen molar-refractivity contribution in [1.82, 2.24) is 0 Å². The molecule has 3 heterocycles.